The number of ether oxygens (including phenoxy) is 3. The Hall–Kier alpha value is -1.87. The normalized spacial score (nSPS) is 11.8. The Labute approximate surface area is 124 Å². The van der Waals surface area contributed by atoms with Crippen LogP contribution in [-0.2, 0) is 0 Å². The van der Waals surface area contributed by atoms with Gasteiger partial charge in [-0.05, 0) is 35.9 Å². The van der Waals surface area contributed by atoms with E-state index in [1.165, 1.54) is 0 Å². The summed E-state index contributed by atoms with van der Waals surface area (Å²) in [4.78, 5) is 0. The topological polar surface area (TPSA) is 27.7 Å². The van der Waals surface area contributed by atoms with Crippen molar-refractivity contribution in [3.63, 3.8) is 0 Å². The summed E-state index contributed by atoms with van der Waals surface area (Å²) in [6.07, 6.45) is 0. The second-order valence-corrected chi connectivity index (χ2v) is 4.68. The first-order valence-electron chi connectivity index (χ1n) is 6.19. The van der Waals surface area contributed by atoms with Crippen molar-refractivity contribution in [2.24, 2.45) is 0 Å². The van der Waals surface area contributed by atoms with Crippen molar-refractivity contribution in [3.05, 3.63) is 53.6 Å². The van der Waals surface area contributed by atoms with Gasteiger partial charge in [0.15, 0.2) is 0 Å². The molecule has 0 amide bonds. The third kappa shape index (κ3) is 2.99. The lowest BCUT2D eigenvalue weighted by atomic mass is 10.0. The van der Waals surface area contributed by atoms with Crippen LogP contribution in [0.15, 0.2) is 42.5 Å². The Balaban J connectivity index is 2.42. The standard InChI is InChI=1S/C16H17ClO3/c1-18-12-6-4-5-11(9-12)16(17)14-10-13(19-2)7-8-15(14)20-3/h4-10,16H,1-3H3. The van der Waals surface area contributed by atoms with Gasteiger partial charge in [0.05, 0.1) is 26.7 Å². The SMILES string of the molecule is COc1cccc(C(Cl)c2cc(OC)ccc2OC)c1. The third-order valence-corrected chi connectivity index (χ3v) is 3.58. The fraction of sp³-hybridized carbons (Fsp3) is 0.250. The highest BCUT2D eigenvalue weighted by Crippen LogP contribution is 2.38. The van der Waals surface area contributed by atoms with Crippen molar-refractivity contribution in [1.82, 2.24) is 0 Å². The minimum atomic E-state index is -0.338. The Kier molecular flexibility index (Phi) is 4.74. The van der Waals surface area contributed by atoms with Crippen LogP contribution in [-0.4, -0.2) is 21.3 Å². The molecule has 2 aromatic rings. The smallest absolute Gasteiger partial charge is 0.124 e. The summed E-state index contributed by atoms with van der Waals surface area (Å²) in [7, 11) is 4.88. The molecule has 0 saturated carbocycles. The summed E-state index contributed by atoms with van der Waals surface area (Å²) in [6.45, 7) is 0. The Morgan fingerprint density at radius 2 is 1.55 bits per heavy atom. The first kappa shape index (κ1) is 14.5. The van der Waals surface area contributed by atoms with E-state index in [9.17, 15) is 0 Å². The van der Waals surface area contributed by atoms with Crippen LogP contribution in [0.1, 0.15) is 16.5 Å². The summed E-state index contributed by atoms with van der Waals surface area (Å²) in [5, 5.41) is -0.338. The summed E-state index contributed by atoms with van der Waals surface area (Å²) in [5.74, 6) is 2.25. The molecule has 4 heteroatoms. The van der Waals surface area contributed by atoms with Crippen LogP contribution >= 0.6 is 11.6 Å². The monoisotopic (exact) mass is 292 g/mol. The Morgan fingerprint density at radius 1 is 0.850 bits per heavy atom. The lowest BCUT2D eigenvalue weighted by Crippen LogP contribution is -1.99. The van der Waals surface area contributed by atoms with Gasteiger partial charge in [0.25, 0.3) is 0 Å². The summed E-state index contributed by atoms with van der Waals surface area (Å²) >= 11 is 6.58. The van der Waals surface area contributed by atoms with Gasteiger partial charge in [0.2, 0.25) is 0 Å². The van der Waals surface area contributed by atoms with Crippen molar-refractivity contribution >= 4 is 11.6 Å². The molecule has 0 bridgehead atoms. The van der Waals surface area contributed by atoms with E-state index in [1.54, 1.807) is 21.3 Å². The van der Waals surface area contributed by atoms with Crippen LogP contribution in [0.4, 0.5) is 0 Å². The molecule has 1 atom stereocenters. The molecule has 0 heterocycles. The van der Waals surface area contributed by atoms with Crippen LogP contribution in [0, 0.1) is 0 Å². The van der Waals surface area contributed by atoms with E-state index in [-0.39, 0.29) is 5.38 Å². The highest BCUT2D eigenvalue weighted by molar-refractivity contribution is 6.22. The second-order valence-electron chi connectivity index (χ2n) is 4.25. The lowest BCUT2D eigenvalue weighted by molar-refractivity contribution is 0.399. The van der Waals surface area contributed by atoms with Gasteiger partial charge in [-0.1, -0.05) is 12.1 Å². The van der Waals surface area contributed by atoms with Crippen LogP contribution < -0.4 is 14.2 Å². The number of halogens is 1. The summed E-state index contributed by atoms with van der Waals surface area (Å²) in [6, 6.07) is 13.2. The molecule has 0 spiro atoms. The molecule has 1 unspecified atom stereocenters. The molecular formula is C16H17ClO3. The Bertz CT molecular complexity index is 584. The van der Waals surface area contributed by atoms with E-state index in [0.717, 1.165) is 28.4 Å². The average Bonchev–Trinajstić information content (AvgIpc) is 2.53. The minimum absolute atomic E-state index is 0.338. The number of benzene rings is 2. The summed E-state index contributed by atoms with van der Waals surface area (Å²) < 4.78 is 15.8. The zero-order valence-electron chi connectivity index (χ0n) is 11.7. The minimum Gasteiger partial charge on any atom is -0.497 e. The van der Waals surface area contributed by atoms with Gasteiger partial charge in [0, 0.05) is 5.56 Å². The molecule has 0 radical (unpaired) electrons. The van der Waals surface area contributed by atoms with Gasteiger partial charge in [-0.2, -0.15) is 0 Å². The summed E-state index contributed by atoms with van der Waals surface area (Å²) in [5.41, 5.74) is 1.80. The fourth-order valence-electron chi connectivity index (χ4n) is 2.02. The van der Waals surface area contributed by atoms with E-state index >= 15 is 0 Å². The number of hydrogen-bond acceptors (Lipinski definition) is 3. The maximum atomic E-state index is 6.58. The number of methoxy groups -OCH3 is 3. The van der Waals surface area contributed by atoms with Crippen molar-refractivity contribution in [1.29, 1.82) is 0 Å². The van der Waals surface area contributed by atoms with Gasteiger partial charge >= 0.3 is 0 Å². The molecule has 0 aliphatic heterocycles. The predicted molar refractivity (Wildman–Crippen MR) is 80.2 cm³/mol. The van der Waals surface area contributed by atoms with Crippen molar-refractivity contribution in [2.75, 3.05) is 21.3 Å². The largest absolute Gasteiger partial charge is 0.497 e. The van der Waals surface area contributed by atoms with E-state index in [4.69, 9.17) is 25.8 Å². The van der Waals surface area contributed by atoms with Crippen LogP contribution in [0.3, 0.4) is 0 Å². The van der Waals surface area contributed by atoms with Crippen molar-refractivity contribution in [3.8, 4) is 17.2 Å². The third-order valence-electron chi connectivity index (χ3n) is 3.10. The molecule has 2 aromatic carbocycles. The molecule has 0 N–H and O–H groups in total. The van der Waals surface area contributed by atoms with Gasteiger partial charge in [0.1, 0.15) is 17.2 Å². The molecule has 3 nitrogen and oxygen atoms in total. The zero-order chi connectivity index (χ0) is 14.5. The predicted octanol–water partition coefficient (Wildman–Crippen LogP) is 4.04. The van der Waals surface area contributed by atoms with E-state index in [2.05, 4.69) is 0 Å². The number of rotatable bonds is 5. The van der Waals surface area contributed by atoms with E-state index in [0.29, 0.717) is 0 Å². The highest BCUT2D eigenvalue weighted by atomic mass is 35.5. The average molecular weight is 293 g/mol. The molecule has 0 fully saturated rings. The van der Waals surface area contributed by atoms with Crippen molar-refractivity contribution < 1.29 is 14.2 Å². The first-order chi connectivity index (χ1) is 9.69. The molecule has 20 heavy (non-hydrogen) atoms. The van der Waals surface area contributed by atoms with Crippen LogP contribution in [0.2, 0.25) is 0 Å². The maximum absolute atomic E-state index is 6.58. The van der Waals surface area contributed by atoms with Crippen LogP contribution in [0.5, 0.6) is 17.2 Å². The van der Waals surface area contributed by atoms with Gasteiger partial charge in [-0.25, -0.2) is 0 Å². The molecular weight excluding hydrogens is 276 g/mol. The lowest BCUT2D eigenvalue weighted by Gasteiger charge is -2.16. The second kappa shape index (κ2) is 6.53. The highest BCUT2D eigenvalue weighted by Gasteiger charge is 2.17. The van der Waals surface area contributed by atoms with Crippen LogP contribution in [0.25, 0.3) is 0 Å². The first-order valence-corrected chi connectivity index (χ1v) is 6.63. The van der Waals surface area contributed by atoms with Crippen molar-refractivity contribution in [2.45, 2.75) is 5.38 Å². The molecule has 106 valence electrons. The van der Waals surface area contributed by atoms with E-state index < -0.39 is 0 Å². The van der Waals surface area contributed by atoms with E-state index in [1.807, 2.05) is 42.5 Å². The van der Waals surface area contributed by atoms with Gasteiger partial charge in [-0.3, -0.25) is 0 Å². The zero-order valence-corrected chi connectivity index (χ0v) is 12.5. The number of alkyl halides is 1. The number of hydrogen-bond donors (Lipinski definition) is 0. The molecule has 2 rings (SSSR count). The fourth-order valence-corrected chi connectivity index (χ4v) is 2.32. The molecule has 0 aliphatic rings. The quantitative estimate of drug-likeness (QED) is 0.779. The molecule has 0 saturated heterocycles. The van der Waals surface area contributed by atoms with Gasteiger partial charge < -0.3 is 14.2 Å². The molecule has 0 aliphatic carbocycles. The molecule has 0 aromatic heterocycles. The van der Waals surface area contributed by atoms with Gasteiger partial charge in [-0.15, -0.1) is 11.6 Å². The maximum Gasteiger partial charge on any atom is 0.124 e. The Morgan fingerprint density at radius 3 is 2.20 bits per heavy atom.